The molecular formula is C20H19F3N6O4S. The zero-order valence-electron chi connectivity index (χ0n) is 17.8. The van der Waals surface area contributed by atoms with Crippen molar-refractivity contribution < 1.29 is 22.7 Å². The molecule has 2 heterocycles. The minimum atomic E-state index is -4.83. The Labute approximate surface area is 193 Å². The number of benzene rings is 1. The molecule has 10 nitrogen and oxygen atoms in total. The minimum Gasteiger partial charge on any atom is -0.406 e. The quantitative estimate of drug-likeness (QED) is 0.429. The van der Waals surface area contributed by atoms with Crippen molar-refractivity contribution in [3.8, 4) is 17.0 Å². The molecule has 34 heavy (non-hydrogen) atoms. The van der Waals surface area contributed by atoms with Crippen molar-refractivity contribution in [2.24, 2.45) is 14.1 Å². The molecule has 3 rings (SSSR count). The first-order valence-corrected chi connectivity index (χ1v) is 10.5. The number of thiazole rings is 1. The van der Waals surface area contributed by atoms with E-state index in [0.29, 0.717) is 11.3 Å². The molecule has 0 saturated carbocycles. The summed E-state index contributed by atoms with van der Waals surface area (Å²) >= 11 is 1.04. The van der Waals surface area contributed by atoms with Crippen molar-refractivity contribution in [3.05, 3.63) is 56.0 Å². The Bertz CT molecular complexity index is 1360. The number of aromatic nitrogens is 3. The Balaban J connectivity index is 1.77. The number of amides is 1. The van der Waals surface area contributed by atoms with Crippen LogP contribution in [0.3, 0.4) is 0 Å². The molecule has 3 aromatic rings. The highest BCUT2D eigenvalue weighted by Gasteiger charge is 2.31. The number of halogens is 3. The van der Waals surface area contributed by atoms with Crippen molar-refractivity contribution in [3.63, 3.8) is 0 Å². The molecule has 0 bridgehead atoms. The molecule has 14 heteroatoms. The van der Waals surface area contributed by atoms with Gasteiger partial charge in [-0.15, -0.1) is 24.5 Å². The highest BCUT2D eigenvalue weighted by atomic mass is 32.1. The average Bonchev–Trinajstić information content (AvgIpc) is 3.23. The number of rotatable bonds is 7. The fourth-order valence-electron chi connectivity index (χ4n) is 3.17. The van der Waals surface area contributed by atoms with Crippen molar-refractivity contribution >= 4 is 34.4 Å². The number of carbonyl (C=O) groups excluding carboxylic acids is 1. The van der Waals surface area contributed by atoms with E-state index in [1.165, 1.54) is 31.6 Å². The number of nitrogens with two attached hydrogens (primary N) is 1. The maximum atomic E-state index is 12.6. The molecule has 0 spiro atoms. The van der Waals surface area contributed by atoms with Crippen molar-refractivity contribution in [2.45, 2.75) is 18.7 Å². The van der Waals surface area contributed by atoms with E-state index in [9.17, 15) is 27.6 Å². The zero-order valence-corrected chi connectivity index (χ0v) is 18.7. The Morgan fingerprint density at radius 3 is 2.68 bits per heavy atom. The Kier molecular flexibility index (Phi) is 6.91. The molecule has 1 atom stereocenters. The van der Waals surface area contributed by atoms with Crippen molar-refractivity contribution in [1.29, 1.82) is 5.41 Å². The number of hydrogen-bond donors (Lipinski definition) is 3. The van der Waals surface area contributed by atoms with E-state index in [4.69, 9.17) is 11.1 Å². The number of alkyl halides is 3. The summed E-state index contributed by atoms with van der Waals surface area (Å²) in [7, 11) is 2.63. The van der Waals surface area contributed by atoms with Gasteiger partial charge in [0.15, 0.2) is 5.13 Å². The molecule has 0 aliphatic heterocycles. The van der Waals surface area contributed by atoms with Gasteiger partial charge in [0.25, 0.3) is 5.56 Å². The number of nitrogens with one attached hydrogen (secondary N) is 2. The molecule has 2 aromatic heterocycles. The summed E-state index contributed by atoms with van der Waals surface area (Å²) in [6.07, 6.45) is -4.28. The minimum absolute atomic E-state index is 0.0592. The molecule has 0 fully saturated rings. The molecular weight excluding hydrogens is 477 g/mol. The van der Waals surface area contributed by atoms with Crippen LogP contribution in [-0.2, 0) is 18.9 Å². The Hall–Kier alpha value is -3.94. The summed E-state index contributed by atoms with van der Waals surface area (Å²) in [5.41, 5.74) is 5.15. The highest BCUT2D eigenvalue weighted by Crippen LogP contribution is 2.30. The number of hydrogen-bond acceptors (Lipinski definition) is 8. The lowest BCUT2D eigenvalue weighted by molar-refractivity contribution is -0.274. The van der Waals surface area contributed by atoms with E-state index in [1.54, 1.807) is 0 Å². The van der Waals surface area contributed by atoms with Gasteiger partial charge in [-0.3, -0.25) is 18.7 Å². The van der Waals surface area contributed by atoms with Gasteiger partial charge in [0.2, 0.25) is 5.91 Å². The molecule has 0 saturated heterocycles. The van der Waals surface area contributed by atoms with Crippen molar-refractivity contribution in [2.75, 3.05) is 11.1 Å². The van der Waals surface area contributed by atoms with Crippen LogP contribution in [0.2, 0.25) is 0 Å². The van der Waals surface area contributed by atoms with Crippen LogP contribution in [0.4, 0.5) is 24.1 Å². The lowest BCUT2D eigenvalue weighted by Gasteiger charge is -2.16. The van der Waals surface area contributed by atoms with Gasteiger partial charge < -0.3 is 21.2 Å². The van der Waals surface area contributed by atoms with Crippen LogP contribution in [0.25, 0.3) is 11.3 Å². The number of nitrogens with zero attached hydrogens (tertiary/aromatic N) is 3. The Morgan fingerprint density at radius 2 is 2.03 bits per heavy atom. The fourth-order valence-corrected chi connectivity index (χ4v) is 3.90. The third-order valence-electron chi connectivity index (χ3n) is 4.84. The largest absolute Gasteiger partial charge is 0.573 e. The van der Waals surface area contributed by atoms with Gasteiger partial charge in [-0.05, 0) is 12.1 Å². The van der Waals surface area contributed by atoms with Gasteiger partial charge in [0, 0.05) is 43.6 Å². The predicted octanol–water partition coefficient (Wildman–Crippen LogP) is 2.45. The third-order valence-corrected chi connectivity index (χ3v) is 5.60. The second kappa shape index (κ2) is 9.51. The molecule has 1 amide bonds. The first kappa shape index (κ1) is 24.7. The molecule has 1 unspecified atom stereocenters. The van der Waals surface area contributed by atoms with Crippen molar-refractivity contribution in [1.82, 2.24) is 14.1 Å². The number of carbonyl (C=O) groups is 1. The monoisotopic (exact) mass is 496 g/mol. The van der Waals surface area contributed by atoms with Crippen LogP contribution in [0, 0.1) is 5.41 Å². The fraction of sp³-hybridized carbons (Fsp3) is 0.250. The highest BCUT2D eigenvalue weighted by molar-refractivity contribution is 7.14. The van der Waals surface area contributed by atoms with E-state index in [-0.39, 0.29) is 22.9 Å². The molecule has 0 radical (unpaired) electrons. The molecule has 4 N–H and O–H groups in total. The topological polar surface area (TPSA) is 145 Å². The number of nitrogen functional groups attached to an aromatic ring is 1. The predicted molar refractivity (Wildman–Crippen MR) is 120 cm³/mol. The van der Waals surface area contributed by atoms with E-state index in [2.05, 4.69) is 15.0 Å². The maximum Gasteiger partial charge on any atom is 0.573 e. The zero-order chi connectivity index (χ0) is 25.2. The number of anilines is 2. The van der Waals surface area contributed by atoms with Gasteiger partial charge >= 0.3 is 12.1 Å². The number of ether oxygens (including phenoxy) is 1. The van der Waals surface area contributed by atoms with Crippen LogP contribution in [0.15, 0.2) is 39.2 Å². The van der Waals surface area contributed by atoms with Gasteiger partial charge in [0.1, 0.15) is 11.6 Å². The first-order chi connectivity index (χ1) is 15.9. The summed E-state index contributed by atoms with van der Waals surface area (Å²) in [6.45, 7) is 0. The normalized spacial score (nSPS) is 12.3. The van der Waals surface area contributed by atoms with E-state index in [1.807, 2.05) is 0 Å². The van der Waals surface area contributed by atoms with Gasteiger partial charge in [0.05, 0.1) is 11.3 Å². The van der Waals surface area contributed by atoms with Gasteiger partial charge in [-0.25, -0.2) is 9.78 Å². The summed E-state index contributed by atoms with van der Waals surface area (Å²) < 4.78 is 43.1. The summed E-state index contributed by atoms with van der Waals surface area (Å²) in [5, 5.41) is 11.9. The summed E-state index contributed by atoms with van der Waals surface area (Å²) in [6, 6.07) is 5.23. The van der Waals surface area contributed by atoms with Gasteiger partial charge in [-0.2, -0.15) is 0 Å². The first-order valence-electron chi connectivity index (χ1n) is 9.58. The lowest BCUT2D eigenvalue weighted by atomic mass is 9.98. The second-order valence-corrected chi connectivity index (χ2v) is 8.00. The van der Waals surface area contributed by atoms with Crippen LogP contribution in [0.5, 0.6) is 5.75 Å². The third kappa shape index (κ3) is 5.33. The summed E-state index contributed by atoms with van der Waals surface area (Å²) in [5.74, 6) is -2.14. The lowest BCUT2D eigenvalue weighted by Crippen LogP contribution is -2.41. The molecule has 0 aliphatic rings. The second-order valence-electron chi connectivity index (χ2n) is 7.14. The van der Waals surface area contributed by atoms with E-state index >= 15 is 0 Å². The summed E-state index contributed by atoms with van der Waals surface area (Å²) in [4.78, 5) is 41.3. The standard InChI is InChI=1S/C20H19F3N6O4S/c1-28-16(25)15(17(31)29(2)19(28)32)11(8-24)7-14(30)27-18-26-13(9-34-18)10-4-3-5-12(6-10)33-20(21,22)23/h3-6,8-9,11,24H,7,25H2,1-2H3,(H,26,27,30). The molecule has 0 aliphatic carbocycles. The smallest absolute Gasteiger partial charge is 0.406 e. The molecule has 1 aromatic carbocycles. The molecule has 180 valence electrons. The van der Waals surface area contributed by atoms with Crippen LogP contribution in [-0.4, -0.2) is 32.6 Å². The van der Waals surface area contributed by atoms with Gasteiger partial charge in [-0.1, -0.05) is 12.1 Å². The average molecular weight is 496 g/mol. The van der Waals surface area contributed by atoms with Crippen LogP contribution < -0.4 is 27.0 Å². The Morgan fingerprint density at radius 1 is 1.32 bits per heavy atom. The van der Waals surface area contributed by atoms with E-state index < -0.39 is 35.2 Å². The SMILES string of the molecule is Cn1c(N)c(C(C=N)CC(=O)Nc2nc(-c3cccc(OC(F)(F)F)c3)cs2)c(=O)n(C)c1=O. The van der Waals surface area contributed by atoms with Crippen LogP contribution >= 0.6 is 11.3 Å². The maximum absolute atomic E-state index is 12.6. The van der Waals surface area contributed by atoms with Crippen LogP contribution in [0.1, 0.15) is 17.9 Å². The van der Waals surface area contributed by atoms with E-state index in [0.717, 1.165) is 38.8 Å².